The van der Waals surface area contributed by atoms with E-state index in [2.05, 4.69) is 15.0 Å². The molecule has 0 radical (unpaired) electrons. The Morgan fingerprint density at radius 3 is 1.70 bits per heavy atom. The van der Waals surface area contributed by atoms with E-state index in [0.29, 0.717) is 16.9 Å². The van der Waals surface area contributed by atoms with Gasteiger partial charge in [0.05, 0.1) is 25.5 Å². The Labute approximate surface area is 301 Å². The van der Waals surface area contributed by atoms with Gasteiger partial charge in [0.1, 0.15) is 0 Å². The van der Waals surface area contributed by atoms with Crippen LogP contribution < -0.4 is 5.73 Å². The minimum Gasteiger partial charge on any atom is -0.403 e. The largest absolute Gasteiger partial charge is 0.403 e. The summed E-state index contributed by atoms with van der Waals surface area (Å²) < 4.78 is 45.9. The molecule has 0 aliphatic rings. The molecule has 0 saturated carbocycles. The van der Waals surface area contributed by atoms with Gasteiger partial charge >= 0.3 is 0 Å². The molecule has 50 heavy (non-hydrogen) atoms. The number of aromatic nitrogens is 3. The number of Topliss-reactive ketones (excluding diaryl/α,β-unsaturated/α-hetero) is 1. The first-order valence-corrected chi connectivity index (χ1v) is 19.2. The third-order valence-corrected chi connectivity index (χ3v) is 9.53. The monoisotopic (exact) mass is 752 g/mol. The SMILES string of the molecule is Cc1ccc(-c2ncc(Cl)cc2-c2ccc(S(C)(=O)=O)cc2)cn1.Cc1ccc(C(=O)Cc2ccc(S(C)(=O)=O)cc2)cn1.N/C=C(/Cl)C=O. The summed E-state index contributed by atoms with van der Waals surface area (Å²) >= 11 is 11.1. The smallest absolute Gasteiger partial charge is 0.175 e. The molecule has 0 aliphatic carbocycles. The van der Waals surface area contributed by atoms with E-state index in [1.54, 1.807) is 67.1 Å². The maximum Gasteiger partial charge on any atom is 0.175 e. The van der Waals surface area contributed by atoms with Crippen LogP contribution in [-0.2, 0) is 30.9 Å². The van der Waals surface area contributed by atoms with Crippen LogP contribution in [-0.4, -0.2) is 56.4 Å². The van der Waals surface area contributed by atoms with E-state index in [1.165, 1.54) is 18.4 Å². The highest BCUT2D eigenvalue weighted by molar-refractivity contribution is 7.91. The van der Waals surface area contributed by atoms with Gasteiger partial charge in [0.2, 0.25) is 0 Å². The van der Waals surface area contributed by atoms with Crippen LogP contribution >= 0.6 is 23.2 Å². The highest BCUT2D eigenvalue weighted by Crippen LogP contribution is 2.32. The van der Waals surface area contributed by atoms with Crippen molar-refractivity contribution >= 4 is 54.9 Å². The van der Waals surface area contributed by atoms with Crippen LogP contribution in [0.3, 0.4) is 0 Å². The van der Waals surface area contributed by atoms with Gasteiger partial charge in [-0.15, -0.1) is 0 Å². The Bertz CT molecular complexity index is 2190. The topological polar surface area (TPSA) is 167 Å². The van der Waals surface area contributed by atoms with Crippen LogP contribution in [0.25, 0.3) is 22.4 Å². The number of benzene rings is 2. The van der Waals surface area contributed by atoms with Crippen molar-refractivity contribution in [3.05, 3.63) is 136 Å². The van der Waals surface area contributed by atoms with E-state index >= 15 is 0 Å². The fourth-order valence-corrected chi connectivity index (χ4v) is 5.61. The Morgan fingerprint density at radius 1 is 0.740 bits per heavy atom. The zero-order chi connectivity index (χ0) is 37.1. The Kier molecular flexibility index (Phi) is 14.1. The summed E-state index contributed by atoms with van der Waals surface area (Å²) in [7, 11) is -6.43. The summed E-state index contributed by atoms with van der Waals surface area (Å²) in [6.07, 6.45) is 9.00. The number of ketones is 1. The van der Waals surface area contributed by atoms with Gasteiger partial charge in [-0.1, -0.05) is 47.5 Å². The fourth-order valence-electron chi connectivity index (χ4n) is 4.19. The number of aldehydes is 1. The van der Waals surface area contributed by atoms with Gasteiger partial charge < -0.3 is 5.73 Å². The normalized spacial score (nSPS) is 11.4. The number of rotatable bonds is 8. The van der Waals surface area contributed by atoms with Gasteiger partial charge in [0, 0.05) is 71.8 Å². The molecule has 14 heteroatoms. The number of nitrogens with zero attached hydrogens (tertiary/aromatic N) is 3. The number of carbonyl (C=O) groups is 2. The van der Waals surface area contributed by atoms with Gasteiger partial charge in [-0.05, 0) is 79.6 Å². The summed E-state index contributed by atoms with van der Waals surface area (Å²) in [5.74, 6) is -0.0374. The number of pyridine rings is 3. The number of carbonyl (C=O) groups excluding carboxylic acids is 2. The lowest BCUT2D eigenvalue weighted by Crippen LogP contribution is -2.05. The maximum atomic E-state index is 12.0. The lowest BCUT2D eigenvalue weighted by molar-refractivity contribution is -0.104. The van der Waals surface area contributed by atoms with E-state index in [4.69, 9.17) is 28.9 Å². The van der Waals surface area contributed by atoms with E-state index in [0.717, 1.165) is 51.8 Å². The predicted octanol–water partition coefficient (Wildman–Crippen LogP) is 6.62. The second-order valence-corrected chi connectivity index (χ2v) is 15.8. The quantitative estimate of drug-likeness (QED) is 0.103. The molecule has 0 bridgehead atoms. The Balaban J connectivity index is 0.000000236. The predicted molar refractivity (Wildman–Crippen MR) is 197 cm³/mol. The molecular formula is C36H34Cl2N4O6S2. The Hall–Kier alpha value is -4.75. The molecule has 260 valence electrons. The maximum absolute atomic E-state index is 12.0. The van der Waals surface area contributed by atoms with Gasteiger partial charge in [0.25, 0.3) is 0 Å². The van der Waals surface area contributed by atoms with Crippen molar-refractivity contribution in [1.29, 1.82) is 0 Å². The molecule has 5 rings (SSSR count). The van der Waals surface area contributed by atoms with Gasteiger partial charge in [-0.3, -0.25) is 24.5 Å². The molecule has 2 aromatic carbocycles. The molecule has 2 N–H and O–H groups in total. The zero-order valence-electron chi connectivity index (χ0n) is 27.5. The van der Waals surface area contributed by atoms with Crippen molar-refractivity contribution in [2.75, 3.05) is 12.5 Å². The average Bonchev–Trinajstić information content (AvgIpc) is 3.08. The molecule has 0 saturated heterocycles. The number of sulfone groups is 2. The second kappa shape index (κ2) is 17.8. The first-order chi connectivity index (χ1) is 23.5. The lowest BCUT2D eigenvalue weighted by atomic mass is 10.0. The molecule has 5 aromatic rings. The molecular weight excluding hydrogens is 719 g/mol. The van der Waals surface area contributed by atoms with Crippen LogP contribution in [0.15, 0.2) is 118 Å². The van der Waals surface area contributed by atoms with Crippen molar-refractivity contribution in [2.45, 2.75) is 30.1 Å². The number of hydrogen-bond acceptors (Lipinski definition) is 10. The van der Waals surface area contributed by atoms with E-state index < -0.39 is 19.7 Å². The van der Waals surface area contributed by atoms with Gasteiger partial charge in [-0.2, -0.15) is 0 Å². The first-order valence-electron chi connectivity index (χ1n) is 14.7. The minimum absolute atomic E-state index is 0.0370. The van der Waals surface area contributed by atoms with Crippen LogP contribution in [0.4, 0.5) is 0 Å². The number of aryl methyl sites for hydroxylation is 2. The molecule has 0 amide bonds. The number of hydrogen-bond donors (Lipinski definition) is 1. The van der Waals surface area contributed by atoms with Crippen molar-refractivity contribution in [3.8, 4) is 22.4 Å². The van der Waals surface area contributed by atoms with Crippen LogP contribution in [0, 0.1) is 13.8 Å². The summed E-state index contributed by atoms with van der Waals surface area (Å²) in [5, 5.41) is 0.552. The Morgan fingerprint density at radius 2 is 1.26 bits per heavy atom. The molecule has 0 aliphatic heterocycles. The highest BCUT2D eigenvalue weighted by Gasteiger charge is 2.13. The van der Waals surface area contributed by atoms with Crippen LogP contribution in [0.5, 0.6) is 0 Å². The lowest BCUT2D eigenvalue weighted by Gasteiger charge is -2.10. The van der Waals surface area contributed by atoms with E-state index in [-0.39, 0.29) is 27.0 Å². The molecule has 0 spiro atoms. The minimum atomic E-state index is -3.23. The highest BCUT2D eigenvalue weighted by atomic mass is 35.5. The summed E-state index contributed by atoms with van der Waals surface area (Å²) in [5.41, 5.74) is 11.2. The van der Waals surface area contributed by atoms with Crippen molar-refractivity contribution in [3.63, 3.8) is 0 Å². The molecule has 3 aromatic heterocycles. The first kappa shape index (κ1) is 39.7. The van der Waals surface area contributed by atoms with Crippen LogP contribution in [0.1, 0.15) is 27.3 Å². The standard InChI is InChI=1S/C18H15ClN2O2S.C15H15NO3S.C3H4ClNO/c1-12-3-4-14(10-20-12)18-17(9-15(19)11-21-18)13-5-7-16(8-6-13)24(2,22)23;1-11-3-6-13(10-16-11)15(17)9-12-4-7-14(8-5-12)20(2,18)19;4-3(1-5)2-6/h3-11H,1-2H3;3-8,10H,9H2,1-2H3;1-2H,5H2/b;;3-1+. The summed E-state index contributed by atoms with van der Waals surface area (Å²) in [6, 6.07) is 22.3. The van der Waals surface area contributed by atoms with Crippen molar-refractivity contribution < 1.29 is 26.4 Å². The van der Waals surface area contributed by atoms with Crippen LogP contribution in [0.2, 0.25) is 5.02 Å². The molecule has 0 unspecified atom stereocenters. The van der Waals surface area contributed by atoms with E-state index in [9.17, 15) is 26.4 Å². The molecule has 10 nitrogen and oxygen atoms in total. The molecule has 0 fully saturated rings. The molecule has 0 atom stereocenters. The third kappa shape index (κ3) is 12.0. The van der Waals surface area contributed by atoms with Gasteiger partial charge in [-0.25, -0.2) is 16.8 Å². The summed E-state index contributed by atoms with van der Waals surface area (Å²) in [6.45, 7) is 3.78. The van der Waals surface area contributed by atoms with Crippen molar-refractivity contribution in [2.24, 2.45) is 5.73 Å². The fraction of sp³-hybridized carbons (Fsp3) is 0.139. The zero-order valence-corrected chi connectivity index (χ0v) is 30.7. The van der Waals surface area contributed by atoms with Gasteiger partial charge in [0.15, 0.2) is 31.7 Å². The van der Waals surface area contributed by atoms with Crippen molar-refractivity contribution in [1.82, 2.24) is 15.0 Å². The molecule has 3 heterocycles. The number of allylic oxidation sites excluding steroid dienone is 1. The third-order valence-electron chi connectivity index (χ3n) is 6.85. The number of halogens is 2. The number of nitrogens with two attached hydrogens (primary N) is 1. The van der Waals surface area contributed by atoms with E-state index in [1.807, 2.05) is 32.0 Å². The summed E-state index contributed by atoms with van der Waals surface area (Å²) in [4.78, 5) is 34.9. The average molecular weight is 754 g/mol. The second-order valence-electron chi connectivity index (χ2n) is 10.9.